The van der Waals surface area contributed by atoms with Crippen molar-refractivity contribution in [3.8, 4) is 5.75 Å². The van der Waals surface area contributed by atoms with Crippen molar-refractivity contribution in [3.05, 3.63) is 41.8 Å². The SMILES string of the molecule is CNCc1coc(N(C)Cc2cccc(OC)c2)n1. The van der Waals surface area contributed by atoms with E-state index in [0.29, 0.717) is 12.6 Å². The number of nitrogens with zero attached hydrogens (tertiary/aromatic N) is 2. The molecule has 0 bridgehead atoms. The fourth-order valence-electron chi connectivity index (χ4n) is 1.85. The fourth-order valence-corrected chi connectivity index (χ4v) is 1.85. The second kappa shape index (κ2) is 6.24. The van der Waals surface area contributed by atoms with E-state index in [1.165, 1.54) is 0 Å². The van der Waals surface area contributed by atoms with Gasteiger partial charge in [-0.25, -0.2) is 0 Å². The van der Waals surface area contributed by atoms with Crippen LogP contribution in [-0.2, 0) is 13.1 Å². The van der Waals surface area contributed by atoms with Crippen LogP contribution in [0.25, 0.3) is 0 Å². The van der Waals surface area contributed by atoms with Gasteiger partial charge in [-0.15, -0.1) is 0 Å². The zero-order valence-corrected chi connectivity index (χ0v) is 11.5. The number of hydrogen-bond donors (Lipinski definition) is 1. The lowest BCUT2D eigenvalue weighted by atomic mass is 10.2. The second-order valence-electron chi connectivity index (χ2n) is 4.36. The lowest BCUT2D eigenvalue weighted by molar-refractivity contribution is 0.414. The molecule has 2 rings (SSSR count). The molecule has 102 valence electrons. The highest BCUT2D eigenvalue weighted by Gasteiger charge is 2.09. The van der Waals surface area contributed by atoms with Crippen LogP contribution in [0, 0.1) is 0 Å². The van der Waals surface area contributed by atoms with E-state index >= 15 is 0 Å². The maximum Gasteiger partial charge on any atom is 0.297 e. The van der Waals surface area contributed by atoms with Gasteiger partial charge in [0, 0.05) is 20.1 Å². The van der Waals surface area contributed by atoms with Crippen molar-refractivity contribution in [1.82, 2.24) is 10.3 Å². The van der Waals surface area contributed by atoms with Crippen LogP contribution < -0.4 is 15.0 Å². The Balaban J connectivity index is 2.04. The third kappa shape index (κ3) is 3.48. The smallest absolute Gasteiger partial charge is 0.297 e. The number of oxazole rings is 1. The van der Waals surface area contributed by atoms with Gasteiger partial charge >= 0.3 is 0 Å². The first kappa shape index (κ1) is 13.4. The molecule has 0 aliphatic carbocycles. The molecule has 0 unspecified atom stereocenters. The quantitative estimate of drug-likeness (QED) is 0.862. The number of nitrogens with one attached hydrogen (secondary N) is 1. The number of anilines is 1. The minimum atomic E-state index is 0.619. The molecular weight excluding hydrogens is 242 g/mol. The van der Waals surface area contributed by atoms with Gasteiger partial charge in [0.15, 0.2) is 0 Å². The average Bonchev–Trinajstić information content (AvgIpc) is 2.88. The van der Waals surface area contributed by atoms with Gasteiger partial charge < -0.3 is 19.4 Å². The number of methoxy groups -OCH3 is 1. The lowest BCUT2D eigenvalue weighted by Gasteiger charge is -2.14. The predicted octanol–water partition coefficient (Wildman–Crippen LogP) is 2.04. The molecule has 0 fully saturated rings. The molecule has 0 radical (unpaired) electrons. The first-order valence-corrected chi connectivity index (χ1v) is 6.16. The molecule has 0 saturated carbocycles. The molecule has 0 amide bonds. The minimum absolute atomic E-state index is 0.619. The van der Waals surface area contributed by atoms with E-state index in [9.17, 15) is 0 Å². The summed E-state index contributed by atoms with van der Waals surface area (Å²) in [5, 5.41) is 3.04. The van der Waals surface area contributed by atoms with Gasteiger partial charge in [0.1, 0.15) is 12.0 Å². The first-order valence-electron chi connectivity index (χ1n) is 6.16. The number of hydrogen-bond acceptors (Lipinski definition) is 5. The van der Waals surface area contributed by atoms with Crippen molar-refractivity contribution in [2.45, 2.75) is 13.1 Å². The van der Waals surface area contributed by atoms with Crippen molar-refractivity contribution in [2.75, 3.05) is 26.1 Å². The Morgan fingerprint density at radius 3 is 3.00 bits per heavy atom. The van der Waals surface area contributed by atoms with Crippen molar-refractivity contribution in [2.24, 2.45) is 0 Å². The van der Waals surface area contributed by atoms with Crippen LogP contribution in [0.4, 0.5) is 6.01 Å². The van der Waals surface area contributed by atoms with E-state index < -0.39 is 0 Å². The topological polar surface area (TPSA) is 50.5 Å². The first-order chi connectivity index (χ1) is 9.22. The van der Waals surface area contributed by atoms with Crippen LogP contribution >= 0.6 is 0 Å². The number of aromatic nitrogens is 1. The molecule has 5 nitrogen and oxygen atoms in total. The Labute approximate surface area is 113 Å². The summed E-state index contributed by atoms with van der Waals surface area (Å²) >= 11 is 0. The molecule has 0 aliphatic heterocycles. The summed E-state index contributed by atoms with van der Waals surface area (Å²) in [6.45, 7) is 1.42. The van der Waals surface area contributed by atoms with Crippen LogP contribution in [0.15, 0.2) is 34.9 Å². The number of benzene rings is 1. The molecule has 5 heteroatoms. The third-order valence-electron chi connectivity index (χ3n) is 2.78. The summed E-state index contributed by atoms with van der Waals surface area (Å²) in [6.07, 6.45) is 1.67. The zero-order chi connectivity index (χ0) is 13.7. The van der Waals surface area contributed by atoms with Crippen molar-refractivity contribution in [1.29, 1.82) is 0 Å². The van der Waals surface area contributed by atoms with Crippen LogP contribution in [0.1, 0.15) is 11.3 Å². The standard InChI is InChI=1S/C14H19N3O2/c1-15-8-12-10-19-14(16-12)17(2)9-11-5-4-6-13(7-11)18-3/h4-7,10,15H,8-9H2,1-3H3. The Bertz CT molecular complexity index is 525. The highest BCUT2D eigenvalue weighted by Crippen LogP contribution is 2.18. The fraction of sp³-hybridized carbons (Fsp3) is 0.357. The van der Waals surface area contributed by atoms with Gasteiger partial charge in [-0.3, -0.25) is 0 Å². The highest BCUT2D eigenvalue weighted by atomic mass is 16.5. The minimum Gasteiger partial charge on any atom is -0.497 e. The van der Waals surface area contributed by atoms with Gasteiger partial charge in [0.2, 0.25) is 0 Å². The van der Waals surface area contributed by atoms with Crippen molar-refractivity contribution < 1.29 is 9.15 Å². The van der Waals surface area contributed by atoms with E-state index in [2.05, 4.69) is 16.4 Å². The Kier molecular flexibility index (Phi) is 4.41. The van der Waals surface area contributed by atoms with Gasteiger partial charge in [0.05, 0.1) is 12.8 Å². The average molecular weight is 261 g/mol. The summed E-state index contributed by atoms with van der Waals surface area (Å²) in [5.41, 5.74) is 2.05. The third-order valence-corrected chi connectivity index (χ3v) is 2.78. The van der Waals surface area contributed by atoms with E-state index in [1.807, 2.05) is 37.2 Å². The Morgan fingerprint density at radius 1 is 1.42 bits per heavy atom. The maximum absolute atomic E-state index is 5.45. The summed E-state index contributed by atoms with van der Waals surface area (Å²) in [7, 11) is 5.50. The van der Waals surface area contributed by atoms with Crippen molar-refractivity contribution >= 4 is 6.01 Å². The molecule has 0 atom stereocenters. The van der Waals surface area contributed by atoms with Crippen LogP contribution in [0.5, 0.6) is 5.75 Å². The van der Waals surface area contributed by atoms with Crippen LogP contribution in [0.2, 0.25) is 0 Å². The van der Waals surface area contributed by atoms with Gasteiger partial charge in [0.25, 0.3) is 6.01 Å². The number of rotatable bonds is 6. The summed E-state index contributed by atoms with van der Waals surface area (Å²) in [4.78, 5) is 6.37. The Morgan fingerprint density at radius 2 is 2.26 bits per heavy atom. The van der Waals surface area contributed by atoms with Crippen LogP contribution in [-0.4, -0.2) is 26.2 Å². The summed E-state index contributed by atoms with van der Waals surface area (Å²) < 4.78 is 10.7. The maximum atomic E-state index is 5.45. The Hall–Kier alpha value is -2.01. The summed E-state index contributed by atoms with van der Waals surface area (Å²) in [6, 6.07) is 8.58. The molecule has 0 saturated heterocycles. The highest BCUT2D eigenvalue weighted by molar-refractivity contribution is 5.33. The predicted molar refractivity (Wildman–Crippen MR) is 74.4 cm³/mol. The largest absolute Gasteiger partial charge is 0.497 e. The molecule has 19 heavy (non-hydrogen) atoms. The molecular formula is C14H19N3O2. The molecule has 2 aromatic rings. The van der Waals surface area contributed by atoms with Gasteiger partial charge in [-0.05, 0) is 24.7 Å². The van der Waals surface area contributed by atoms with Gasteiger partial charge in [-0.2, -0.15) is 4.98 Å². The van der Waals surface area contributed by atoms with Crippen molar-refractivity contribution in [3.63, 3.8) is 0 Å². The molecule has 1 N–H and O–H groups in total. The van der Waals surface area contributed by atoms with Crippen LogP contribution in [0.3, 0.4) is 0 Å². The van der Waals surface area contributed by atoms with E-state index in [0.717, 1.165) is 23.6 Å². The molecule has 1 aromatic carbocycles. The molecule has 0 aliphatic rings. The molecule has 1 aromatic heterocycles. The zero-order valence-electron chi connectivity index (χ0n) is 11.5. The number of ether oxygens (including phenoxy) is 1. The normalized spacial score (nSPS) is 10.5. The monoisotopic (exact) mass is 261 g/mol. The second-order valence-corrected chi connectivity index (χ2v) is 4.36. The van der Waals surface area contributed by atoms with E-state index in [4.69, 9.17) is 9.15 Å². The molecule has 1 heterocycles. The van der Waals surface area contributed by atoms with Gasteiger partial charge in [-0.1, -0.05) is 12.1 Å². The lowest BCUT2D eigenvalue weighted by Crippen LogP contribution is -2.17. The van der Waals surface area contributed by atoms with E-state index in [-0.39, 0.29) is 0 Å². The summed E-state index contributed by atoms with van der Waals surface area (Å²) in [5.74, 6) is 0.856. The van der Waals surface area contributed by atoms with E-state index in [1.54, 1.807) is 13.4 Å². The molecule has 0 spiro atoms.